The van der Waals surface area contributed by atoms with Crippen LogP contribution < -0.4 is 16.4 Å². The number of unbranched alkanes of at least 4 members (excludes halogenated alkanes) is 1. The summed E-state index contributed by atoms with van der Waals surface area (Å²) in [6.45, 7) is 2.24. The Bertz CT molecular complexity index is 895. The number of para-hydroxylation sites is 2. The molecule has 28 heavy (non-hydrogen) atoms. The Morgan fingerprint density at radius 3 is 1.89 bits per heavy atom. The highest BCUT2D eigenvalue weighted by Crippen LogP contribution is 2.18. The number of nitrogens with two attached hydrogens (primary N) is 1. The molecule has 8 heteroatoms. The van der Waals surface area contributed by atoms with Crippen molar-refractivity contribution in [3.63, 3.8) is 0 Å². The number of nitrogens with one attached hydrogen (secondary N) is 2. The molecule has 0 unspecified atom stereocenters. The van der Waals surface area contributed by atoms with Gasteiger partial charge in [-0.3, -0.25) is 14.4 Å². The summed E-state index contributed by atoms with van der Waals surface area (Å²) in [6, 6.07) is 12.2. The van der Waals surface area contributed by atoms with Gasteiger partial charge in [0.05, 0.1) is 29.1 Å². The van der Waals surface area contributed by atoms with Crippen molar-refractivity contribution in [3.05, 3.63) is 59.7 Å². The van der Waals surface area contributed by atoms with Gasteiger partial charge in [0, 0.05) is 0 Å². The molecule has 0 aliphatic heterocycles. The summed E-state index contributed by atoms with van der Waals surface area (Å²) in [5, 5.41) is 4.72. The smallest absolute Gasteiger partial charge is 0.340 e. The van der Waals surface area contributed by atoms with Crippen molar-refractivity contribution < 1.29 is 23.9 Å². The summed E-state index contributed by atoms with van der Waals surface area (Å²) in [4.78, 5) is 48.0. The number of carbonyl (C=O) groups is 4. The summed E-state index contributed by atoms with van der Waals surface area (Å²) < 4.78 is 5.15. The molecule has 0 spiro atoms. The molecular formula is C20H21N3O5. The van der Waals surface area contributed by atoms with E-state index in [1.54, 1.807) is 24.3 Å². The lowest BCUT2D eigenvalue weighted by atomic mass is 10.1. The molecule has 3 amide bonds. The van der Waals surface area contributed by atoms with E-state index in [-0.39, 0.29) is 29.1 Å². The van der Waals surface area contributed by atoms with Crippen LogP contribution in [0.1, 0.15) is 40.5 Å². The summed E-state index contributed by atoms with van der Waals surface area (Å²) in [5.74, 6) is -3.35. The topological polar surface area (TPSA) is 128 Å². The predicted octanol–water partition coefficient (Wildman–Crippen LogP) is 2.32. The average molecular weight is 383 g/mol. The van der Waals surface area contributed by atoms with Crippen molar-refractivity contribution in [1.29, 1.82) is 0 Å². The van der Waals surface area contributed by atoms with Gasteiger partial charge in [-0.15, -0.1) is 0 Å². The zero-order valence-corrected chi connectivity index (χ0v) is 15.4. The highest BCUT2D eigenvalue weighted by Gasteiger charge is 2.20. The Labute approximate surface area is 162 Å². The molecule has 0 fully saturated rings. The van der Waals surface area contributed by atoms with Gasteiger partial charge in [-0.2, -0.15) is 0 Å². The van der Waals surface area contributed by atoms with E-state index in [0.717, 1.165) is 12.8 Å². The van der Waals surface area contributed by atoms with E-state index in [1.165, 1.54) is 24.3 Å². The number of hydrogen-bond acceptors (Lipinski definition) is 5. The molecule has 0 saturated carbocycles. The number of primary amides is 1. The van der Waals surface area contributed by atoms with Crippen molar-refractivity contribution in [1.82, 2.24) is 0 Å². The molecule has 0 radical (unpaired) electrons. The van der Waals surface area contributed by atoms with Crippen LogP contribution in [0.3, 0.4) is 0 Å². The van der Waals surface area contributed by atoms with Crippen molar-refractivity contribution in [2.24, 2.45) is 5.73 Å². The zero-order chi connectivity index (χ0) is 20.5. The Balaban J connectivity index is 2.10. The molecule has 146 valence electrons. The number of benzene rings is 2. The monoisotopic (exact) mass is 383 g/mol. The maximum Gasteiger partial charge on any atom is 0.340 e. The minimum absolute atomic E-state index is 0.0727. The van der Waals surface area contributed by atoms with Crippen molar-refractivity contribution in [2.75, 3.05) is 17.2 Å². The van der Waals surface area contributed by atoms with Gasteiger partial charge in [-0.1, -0.05) is 37.6 Å². The first-order chi connectivity index (χ1) is 13.4. The quantitative estimate of drug-likeness (QED) is 0.384. The number of ether oxygens (including phenoxy) is 1. The molecule has 2 aromatic carbocycles. The molecule has 2 aromatic rings. The molecule has 0 saturated heterocycles. The maximum absolute atomic E-state index is 12.2. The number of rotatable bonds is 7. The number of amides is 3. The molecule has 8 nitrogen and oxygen atoms in total. The highest BCUT2D eigenvalue weighted by atomic mass is 16.5. The second-order valence-electron chi connectivity index (χ2n) is 5.85. The number of hydrogen-bond donors (Lipinski definition) is 3. The first-order valence-electron chi connectivity index (χ1n) is 8.71. The minimum atomic E-state index is -1.01. The molecule has 0 heterocycles. The van der Waals surface area contributed by atoms with Crippen molar-refractivity contribution >= 4 is 35.1 Å². The lowest BCUT2D eigenvalue weighted by Gasteiger charge is -2.12. The first-order valence-corrected chi connectivity index (χ1v) is 8.71. The third kappa shape index (κ3) is 5.41. The lowest BCUT2D eigenvalue weighted by Crippen LogP contribution is -2.30. The van der Waals surface area contributed by atoms with Crippen LogP contribution in [0, 0.1) is 0 Å². The van der Waals surface area contributed by atoms with Gasteiger partial charge < -0.3 is 21.1 Å². The minimum Gasteiger partial charge on any atom is -0.462 e. The van der Waals surface area contributed by atoms with E-state index in [0.29, 0.717) is 0 Å². The SMILES string of the molecule is CCCCOC(=O)c1ccccc1NC(=O)C(=O)Nc1ccccc1C(N)=O. The van der Waals surface area contributed by atoms with E-state index in [1.807, 2.05) is 6.92 Å². The summed E-state index contributed by atoms with van der Waals surface area (Å²) in [5.41, 5.74) is 5.72. The van der Waals surface area contributed by atoms with Crippen LogP contribution in [0.15, 0.2) is 48.5 Å². The molecule has 0 atom stereocenters. The zero-order valence-electron chi connectivity index (χ0n) is 15.4. The second-order valence-corrected chi connectivity index (χ2v) is 5.85. The lowest BCUT2D eigenvalue weighted by molar-refractivity contribution is -0.133. The van der Waals surface area contributed by atoms with Crippen LogP contribution in [0.25, 0.3) is 0 Å². The fourth-order valence-corrected chi connectivity index (χ4v) is 2.32. The first kappa shape index (κ1) is 20.6. The van der Waals surface area contributed by atoms with Crippen molar-refractivity contribution in [2.45, 2.75) is 19.8 Å². The Morgan fingerprint density at radius 2 is 1.36 bits per heavy atom. The fraction of sp³-hybridized carbons (Fsp3) is 0.200. The van der Waals surface area contributed by atoms with Gasteiger partial charge >= 0.3 is 17.8 Å². The third-order valence-corrected chi connectivity index (χ3v) is 3.77. The maximum atomic E-state index is 12.2. The summed E-state index contributed by atoms with van der Waals surface area (Å²) in [6.07, 6.45) is 1.60. The van der Waals surface area contributed by atoms with E-state index >= 15 is 0 Å². The molecule has 0 bridgehead atoms. The predicted molar refractivity (Wildman–Crippen MR) is 104 cm³/mol. The number of carbonyl (C=O) groups excluding carboxylic acids is 4. The number of esters is 1. The molecule has 0 aliphatic carbocycles. The largest absolute Gasteiger partial charge is 0.462 e. The Kier molecular flexibility index (Phi) is 7.27. The van der Waals surface area contributed by atoms with Gasteiger partial charge in [0.15, 0.2) is 0 Å². The van der Waals surface area contributed by atoms with Crippen LogP contribution in [0.2, 0.25) is 0 Å². The van der Waals surface area contributed by atoms with Crippen LogP contribution >= 0.6 is 0 Å². The standard InChI is InChI=1S/C20H21N3O5/c1-2-3-12-28-20(27)14-9-5-7-11-16(14)23-19(26)18(25)22-15-10-6-4-8-13(15)17(21)24/h4-11H,2-3,12H2,1H3,(H2,21,24)(H,22,25)(H,23,26). The van der Waals surface area contributed by atoms with E-state index in [9.17, 15) is 19.2 Å². The summed E-state index contributed by atoms with van der Waals surface area (Å²) >= 11 is 0. The number of anilines is 2. The van der Waals surface area contributed by atoms with Crippen LogP contribution in [0.5, 0.6) is 0 Å². The van der Waals surface area contributed by atoms with Gasteiger partial charge in [0.25, 0.3) is 5.91 Å². The molecule has 2 rings (SSSR count). The average Bonchev–Trinajstić information content (AvgIpc) is 2.68. The second kappa shape index (κ2) is 9.86. The van der Waals surface area contributed by atoms with Gasteiger partial charge in [0.2, 0.25) is 0 Å². The Hall–Kier alpha value is -3.68. The fourth-order valence-electron chi connectivity index (χ4n) is 2.32. The molecule has 4 N–H and O–H groups in total. The van der Waals surface area contributed by atoms with E-state index in [4.69, 9.17) is 10.5 Å². The molecule has 0 aliphatic rings. The summed E-state index contributed by atoms with van der Waals surface area (Å²) in [7, 11) is 0. The Morgan fingerprint density at radius 1 is 0.857 bits per heavy atom. The van der Waals surface area contributed by atoms with Gasteiger partial charge in [-0.05, 0) is 30.7 Å². The van der Waals surface area contributed by atoms with Crippen LogP contribution in [-0.4, -0.2) is 30.3 Å². The van der Waals surface area contributed by atoms with Gasteiger partial charge in [0.1, 0.15) is 0 Å². The van der Waals surface area contributed by atoms with Gasteiger partial charge in [-0.25, -0.2) is 4.79 Å². The van der Waals surface area contributed by atoms with E-state index < -0.39 is 23.7 Å². The molecule has 0 aromatic heterocycles. The highest BCUT2D eigenvalue weighted by molar-refractivity contribution is 6.44. The van der Waals surface area contributed by atoms with Crippen molar-refractivity contribution in [3.8, 4) is 0 Å². The van der Waals surface area contributed by atoms with Crippen LogP contribution in [-0.2, 0) is 14.3 Å². The molecular weight excluding hydrogens is 362 g/mol. The normalized spacial score (nSPS) is 10.0. The van der Waals surface area contributed by atoms with Crippen LogP contribution in [0.4, 0.5) is 11.4 Å². The van der Waals surface area contributed by atoms with E-state index in [2.05, 4.69) is 10.6 Å². The third-order valence-electron chi connectivity index (χ3n) is 3.77.